The molecule has 0 atom stereocenters. The van der Waals surface area contributed by atoms with E-state index in [1.165, 1.54) is 12.1 Å². The first-order valence-electron chi connectivity index (χ1n) is 3.62. The third kappa shape index (κ3) is 1.86. The Morgan fingerprint density at radius 1 is 1.33 bits per heavy atom. The zero-order chi connectivity index (χ0) is 9.14. The maximum absolute atomic E-state index is 10.4. The second-order valence-corrected chi connectivity index (χ2v) is 2.60. The van der Waals surface area contributed by atoms with Crippen molar-refractivity contribution in [2.45, 2.75) is 6.82 Å². The van der Waals surface area contributed by atoms with Gasteiger partial charge in [0.05, 0.1) is 5.56 Å². The second kappa shape index (κ2) is 3.41. The first-order valence-corrected chi connectivity index (χ1v) is 3.62. The molecule has 1 aromatic rings. The summed E-state index contributed by atoms with van der Waals surface area (Å²) in [5.41, 5.74) is 0.958. The van der Waals surface area contributed by atoms with E-state index in [4.69, 9.17) is 10.1 Å². The topological polar surface area (TPSA) is 57.5 Å². The molecule has 62 valence electrons. The van der Waals surface area contributed by atoms with Crippen LogP contribution in [0, 0.1) is 0 Å². The minimum Gasteiger partial charge on any atom is -0.478 e. The van der Waals surface area contributed by atoms with E-state index >= 15 is 0 Å². The molecule has 0 amide bonds. The van der Waals surface area contributed by atoms with Crippen molar-refractivity contribution in [1.29, 1.82) is 0 Å². The van der Waals surface area contributed by atoms with Crippen LogP contribution >= 0.6 is 0 Å². The zero-order valence-corrected chi connectivity index (χ0v) is 6.69. The SMILES string of the molecule is CB(O)c1ccc(C(=O)O)cc1. The summed E-state index contributed by atoms with van der Waals surface area (Å²) < 4.78 is 0. The molecule has 0 aromatic heterocycles. The highest BCUT2D eigenvalue weighted by atomic mass is 16.4. The van der Waals surface area contributed by atoms with Gasteiger partial charge in [0, 0.05) is 0 Å². The maximum Gasteiger partial charge on any atom is 0.335 e. The standard InChI is InChI=1S/C8H9BO3/c1-9(12)7-4-2-6(3-5-7)8(10)11/h2-5,12H,1H3,(H,10,11). The predicted octanol–water partition coefficient (Wildman–Crippen LogP) is 0.205. The van der Waals surface area contributed by atoms with E-state index < -0.39 is 12.9 Å². The second-order valence-electron chi connectivity index (χ2n) is 2.60. The van der Waals surface area contributed by atoms with Gasteiger partial charge in [-0.2, -0.15) is 0 Å². The van der Waals surface area contributed by atoms with Crippen molar-refractivity contribution in [2.75, 3.05) is 0 Å². The molecule has 0 aliphatic rings. The van der Waals surface area contributed by atoms with Crippen LogP contribution < -0.4 is 5.46 Å². The van der Waals surface area contributed by atoms with Gasteiger partial charge >= 0.3 is 12.9 Å². The fraction of sp³-hybridized carbons (Fsp3) is 0.125. The monoisotopic (exact) mass is 164 g/mol. The molecule has 2 N–H and O–H groups in total. The average molecular weight is 164 g/mol. The molecular formula is C8H9BO3. The fourth-order valence-corrected chi connectivity index (χ4v) is 0.904. The van der Waals surface area contributed by atoms with Gasteiger partial charge in [0.15, 0.2) is 0 Å². The van der Waals surface area contributed by atoms with E-state index in [9.17, 15) is 4.79 Å². The number of benzene rings is 1. The van der Waals surface area contributed by atoms with Crippen molar-refractivity contribution in [2.24, 2.45) is 0 Å². The lowest BCUT2D eigenvalue weighted by molar-refractivity contribution is 0.0697. The summed E-state index contributed by atoms with van der Waals surface area (Å²) in [7, 11) is 0. The van der Waals surface area contributed by atoms with Gasteiger partial charge in [0.25, 0.3) is 0 Å². The number of hydrogen-bond acceptors (Lipinski definition) is 2. The molecule has 12 heavy (non-hydrogen) atoms. The Morgan fingerprint density at radius 3 is 2.17 bits per heavy atom. The Balaban J connectivity index is 2.93. The van der Waals surface area contributed by atoms with Crippen molar-refractivity contribution in [1.82, 2.24) is 0 Å². The Bertz CT molecular complexity index is 279. The highest BCUT2D eigenvalue weighted by Gasteiger charge is 2.07. The molecule has 0 unspecified atom stereocenters. The lowest BCUT2D eigenvalue weighted by Gasteiger charge is -2.00. The minimum atomic E-state index is -0.952. The predicted molar refractivity (Wildman–Crippen MR) is 46.9 cm³/mol. The maximum atomic E-state index is 10.4. The lowest BCUT2D eigenvalue weighted by atomic mass is 9.64. The molecule has 4 heteroatoms. The molecule has 1 aromatic carbocycles. The molecular weight excluding hydrogens is 155 g/mol. The van der Waals surface area contributed by atoms with Gasteiger partial charge in [-0.05, 0) is 17.6 Å². The van der Waals surface area contributed by atoms with Crippen LogP contribution in [0.3, 0.4) is 0 Å². The summed E-state index contributed by atoms with van der Waals surface area (Å²) in [5, 5.41) is 17.7. The van der Waals surface area contributed by atoms with Crippen molar-refractivity contribution < 1.29 is 14.9 Å². The summed E-state index contributed by atoms with van der Waals surface area (Å²) in [6, 6.07) is 6.16. The molecule has 0 heterocycles. The van der Waals surface area contributed by atoms with Gasteiger partial charge in [-0.25, -0.2) is 4.79 Å². The van der Waals surface area contributed by atoms with Crippen molar-refractivity contribution >= 4 is 18.3 Å². The number of carboxylic acid groups (broad SMARTS) is 1. The normalized spacial score (nSPS) is 9.50. The molecule has 0 aliphatic carbocycles. The average Bonchev–Trinajstić information content (AvgIpc) is 2.04. The third-order valence-corrected chi connectivity index (χ3v) is 1.64. The number of hydrogen-bond donors (Lipinski definition) is 2. The Labute approximate surface area is 70.8 Å². The van der Waals surface area contributed by atoms with E-state index in [1.807, 2.05) is 0 Å². The Kier molecular flexibility index (Phi) is 2.50. The van der Waals surface area contributed by atoms with Crippen LogP contribution in [0.5, 0.6) is 0 Å². The van der Waals surface area contributed by atoms with Gasteiger partial charge in [-0.15, -0.1) is 0 Å². The summed E-state index contributed by atoms with van der Waals surface area (Å²) in [4.78, 5) is 10.4. The van der Waals surface area contributed by atoms with Crippen LogP contribution in [0.4, 0.5) is 0 Å². The first kappa shape index (κ1) is 8.81. The lowest BCUT2D eigenvalue weighted by Crippen LogP contribution is -2.25. The quantitative estimate of drug-likeness (QED) is 0.614. The molecule has 0 fully saturated rings. The summed E-state index contributed by atoms with van der Waals surface area (Å²) in [6.45, 7) is 1.09. The first-order chi connectivity index (χ1) is 5.61. The number of carboxylic acids is 1. The highest BCUT2D eigenvalue weighted by Crippen LogP contribution is 1.96. The van der Waals surface area contributed by atoms with Crippen LogP contribution in [0.1, 0.15) is 10.4 Å². The van der Waals surface area contributed by atoms with Crippen molar-refractivity contribution in [3.05, 3.63) is 29.8 Å². The smallest absolute Gasteiger partial charge is 0.335 e. The largest absolute Gasteiger partial charge is 0.478 e. The van der Waals surface area contributed by atoms with Gasteiger partial charge in [-0.1, -0.05) is 19.0 Å². The number of carbonyl (C=O) groups is 1. The van der Waals surface area contributed by atoms with Gasteiger partial charge in [0.2, 0.25) is 0 Å². The Morgan fingerprint density at radius 2 is 1.83 bits per heavy atom. The summed E-state index contributed by atoms with van der Waals surface area (Å²) in [6.07, 6.45) is 0. The van der Waals surface area contributed by atoms with E-state index in [0.717, 1.165) is 5.46 Å². The van der Waals surface area contributed by atoms with Crippen LogP contribution in [-0.4, -0.2) is 23.0 Å². The molecule has 0 aliphatic heterocycles. The molecule has 0 radical (unpaired) electrons. The highest BCUT2D eigenvalue weighted by molar-refractivity contribution is 6.64. The van der Waals surface area contributed by atoms with Crippen LogP contribution in [-0.2, 0) is 0 Å². The zero-order valence-electron chi connectivity index (χ0n) is 6.69. The van der Waals surface area contributed by atoms with Crippen LogP contribution in [0.2, 0.25) is 6.82 Å². The molecule has 3 nitrogen and oxygen atoms in total. The van der Waals surface area contributed by atoms with Crippen molar-refractivity contribution in [3.63, 3.8) is 0 Å². The van der Waals surface area contributed by atoms with Crippen molar-refractivity contribution in [3.8, 4) is 0 Å². The van der Waals surface area contributed by atoms with Gasteiger partial charge in [0.1, 0.15) is 0 Å². The molecule has 0 saturated carbocycles. The van der Waals surface area contributed by atoms with E-state index in [2.05, 4.69) is 0 Å². The number of rotatable bonds is 2. The molecule has 0 bridgehead atoms. The molecule has 0 spiro atoms. The minimum absolute atomic E-state index is 0.236. The van der Waals surface area contributed by atoms with Crippen LogP contribution in [0.15, 0.2) is 24.3 Å². The summed E-state index contributed by atoms with van der Waals surface area (Å²) in [5.74, 6) is -0.952. The summed E-state index contributed by atoms with van der Waals surface area (Å²) >= 11 is 0. The van der Waals surface area contributed by atoms with E-state index in [1.54, 1.807) is 19.0 Å². The van der Waals surface area contributed by atoms with Gasteiger partial charge < -0.3 is 10.1 Å². The number of aromatic carboxylic acids is 1. The van der Waals surface area contributed by atoms with E-state index in [-0.39, 0.29) is 5.56 Å². The fourth-order valence-electron chi connectivity index (χ4n) is 0.904. The molecule has 0 saturated heterocycles. The van der Waals surface area contributed by atoms with Crippen LogP contribution in [0.25, 0.3) is 0 Å². The molecule has 1 rings (SSSR count). The van der Waals surface area contributed by atoms with Gasteiger partial charge in [-0.3, -0.25) is 0 Å². The third-order valence-electron chi connectivity index (χ3n) is 1.64. The van der Waals surface area contributed by atoms with E-state index in [0.29, 0.717) is 0 Å². The Hall–Kier alpha value is -1.29.